The molecule has 6 heteroatoms. The number of likely N-dealkylation sites (tertiary alicyclic amines) is 1. The van der Waals surface area contributed by atoms with Gasteiger partial charge in [-0.05, 0) is 49.5 Å². The van der Waals surface area contributed by atoms with Gasteiger partial charge in [0.05, 0.1) is 0 Å². The van der Waals surface area contributed by atoms with Crippen LogP contribution in [0.1, 0.15) is 36.5 Å². The number of nitrogens with zero attached hydrogens (tertiary/aromatic N) is 1. The molecule has 148 valence electrons. The minimum atomic E-state index is -1.04. The molecule has 3 rings (SSSR count). The number of halogens is 2. The minimum absolute atomic E-state index is 0. The summed E-state index contributed by atoms with van der Waals surface area (Å²) in [4.78, 5) is 15.1. The lowest BCUT2D eigenvalue weighted by atomic mass is 9.92. The summed E-state index contributed by atoms with van der Waals surface area (Å²) < 4.78 is 0. The van der Waals surface area contributed by atoms with E-state index >= 15 is 0 Å². The van der Waals surface area contributed by atoms with Crippen molar-refractivity contribution in [2.45, 2.75) is 38.4 Å². The normalized spacial score (nSPS) is 15.9. The number of hydrogen-bond acceptors (Lipinski definition) is 3. The fourth-order valence-corrected chi connectivity index (χ4v) is 3.34. The van der Waals surface area contributed by atoms with Gasteiger partial charge in [-0.25, -0.2) is 0 Å². The average molecular weight is 410 g/mol. The number of carbonyl (C=O) groups excluding carboxylic acids is 1. The van der Waals surface area contributed by atoms with Crippen LogP contribution < -0.4 is 11.1 Å². The molecule has 0 bridgehead atoms. The molecule has 27 heavy (non-hydrogen) atoms. The second-order valence-electron chi connectivity index (χ2n) is 7.00. The van der Waals surface area contributed by atoms with Crippen LogP contribution in [0.2, 0.25) is 0 Å². The lowest BCUT2D eigenvalue weighted by molar-refractivity contribution is -0.126. The third-order valence-corrected chi connectivity index (χ3v) is 5.00. The summed E-state index contributed by atoms with van der Waals surface area (Å²) in [5.74, 6) is -0.158. The first-order chi connectivity index (χ1) is 12.1. The van der Waals surface area contributed by atoms with Crippen molar-refractivity contribution in [2.75, 3.05) is 13.1 Å². The van der Waals surface area contributed by atoms with E-state index in [1.54, 1.807) is 6.92 Å². The SMILES string of the molecule is CC(N)(C(=O)NCc1ccccc1CN1CCCC1)c1ccccc1.Cl.Cl. The van der Waals surface area contributed by atoms with Crippen LogP contribution in [0.5, 0.6) is 0 Å². The number of nitrogens with one attached hydrogen (secondary N) is 1. The molecule has 0 radical (unpaired) electrons. The summed E-state index contributed by atoms with van der Waals surface area (Å²) in [6.45, 7) is 5.53. The zero-order valence-corrected chi connectivity index (χ0v) is 17.3. The van der Waals surface area contributed by atoms with Gasteiger partial charge in [-0.2, -0.15) is 0 Å². The van der Waals surface area contributed by atoms with Gasteiger partial charge in [0.15, 0.2) is 0 Å². The minimum Gasteiger partial charge on any atom is -0.350 e. The summed E-state index contributed by atoms with van der Waals surface area (Å²) in [5.41, 5.74) is 8.52. The van der Waals surface area contributed by atoms with Crippen LogP contribution in [-0.2, 0) is 23.4 Å². The van der Waals surface area contributed by atoms with Gasteiger partial charge in [0.1, 0.15) is 5.54 Å². The number of hydrogen-bond donors (Lipinski definition) is 2. The molecule has 1 aliphatic heterocycles. The molecule has 3 N–H and O–H groups in total. The summed E-state index contributed by atoms with van der Waals surface area (Å²) in [6, 6.07) is 17.8. The van der Waals surface area contributed by atoms with Crippen molar-refractivity contribution in [1.29, 1.82) is 0 Å². The number of amides is 1. The topological polar surface area (TPSA) is 58.4 Å². The second kappa shape index (κ2) is 10.7. The monoisotopic (exact) mass is 409 g/mol. The molecular weight excluding hydrogens is 381 g/mol. The highest BCUT2D eigenvalue weighted by Gasteiger charge is 2.30. The predicted molar refractivity (Wildman–Crippen MR) is 115 cm³/mol. The first-order valence-electron chi connectivity index (χ1n) is 8.99. The Hall–Kier alpha value is -1.59. The molecule has 0 aromatic heterocycles. The van der Waals surface area contributed by atoms with E-state index in [0.717, 1.165) is 30.8 Å². The van der Waals surface area contributed by atoms with Crippen LogP contribution >= 0.6 is 24.8 Å². The lowest BCUT2D eigenvalue weighted by Gasteiger charge is -2.24. The van der Waals surface area contributed by atoms with Gasteiger partial charge >= 0.3 is 0 Å². The maximum absolute atomic E-state index is 12.6. The van der Waals surface area contributed by atoms with E-state index in [9.17, 15) is 4.79 Å². The largest absolute Gasteiger partial charge is 0.350 e. The molecule has 0 saturated carbocycles. The molecular formula is C21H29Cl2N3O. The molecule has 2 aromatic carbocycles. The van der Waals surface area contributed by atoms with Gasteiger partial charge in [-0.1, -0.05) is 54.6 Å². The highest BCUT2D eigenvalue weighted by molar-refractivity contribution is 5.87. The van der Waals surface area contributed by atoms with Crippen molar-refractivity contribution < 1.29 is 4.79 Å². The van der Waals surface area contributed by atoms with Crippen LogP contribution in [0.15, 0.2) is 54.6 Å². The fraction of sp³-hybridized carbons (Fsp3) is 0.381. The Labute approximate surface area is 174 Å². The number of benzene rings is 2. The van der Waals surface area contributed by atoms with E-state index in [4.69, 9.17) is 5.73 Å². The Morgan fingerprint density at radius 1 is 1.00 bits per heavy atom. The third-order valence-electron chi connectivity index (χ3n) is 5.00. The molecule has 1 heterocycles. The van der Waals surface area contributed by atoms with E-state index in [2.05, 4.69) is 28.4 Å². The van der Waals surface area contributed by atoms with Crippen LogP contribution in [-0.4, -0.2) is 23.9 Å². The van der Waals surface area contributed by atoms with E-state index in [-0.39, 0.29) is 30.7 Å². The molecule has 0 aliphatic carbocycles. The van der Waals surface area contributed by atoms with Crippen LogP contribution in [0, 0.1) is 0 Å². The van der Waals surface area contributed by atoms with Crippen molar-refractivity contribution in [2.24, 2.45) is 5.73 Å². The van der Waals surface area contributed by atoms with Gasteiger partial charge < -0.3 is 11.1 Å². The van der Waals surface area contributed by atoms with Crippen LogP contribution in [0.4, 0.5) is 0 Å². The quantitative estimate of drug-likeness (QED) is 0.765. The smallest absolute Gasteiger partial charge is 0.244 e. The lowest BCUT2D eigenvalue weighted by Crippen LogP contribution is -2.48. The zero-order valence-electron chi connectivity index (χ0n) is 15.7. The van der Waals surface area contributed by atoms with Crippen LogP contribution in [0.3, 0.4) is 0 Å². The third kappa shape index (κ3) is 5.94. The highest BCUT2D eigenvalue weighted by atomic mass is 35.5. The van der Waals surface area contributed by atoms with Gasteiger partial charge in [0.25, 0.3) is 0 Å². The van der Waals surface area contributed by atoms with Crippen molar-refractivity contribution in [3.05, 3.63) is 71.3 Å². The van der Waals surface area contributed by atoms with Gasteiger partial charge in [0, 0.05) is 13.1 Å². The summed E-state index contributed by atoms with van der Waals surface area (Å²) in [7, 11) is 0. The molecule has 1 amide bonds. The second-order valence-corrected chi connectivity index (χ2v) is 7.00. The maximum Gasteiger partial charge on any atom is 0.244 e. The van der Waals surface area contributed by atoms with Crippen LogP contribution in [0.25, 0.3) is 0 Å². The van der Waals surface area contributed by atoms with E-state index in [1.807, 2.05) is 36.4 Å². The number of carbonyl (C=O) groups is 1. The van der Waals surface area contributed by atoms with Gasteiger partial charge in [-0.15, -0.1) is 24.8 Å². The van der Waals surface area contributed by atoms with Crippen molar-refractivity contribution in [3.63, 3.8) is 0 Å². The number of nitrogens with two attached hydrogens (primary N) is 1. The Kier molecular flexibility index (Phi) is 9.27. The van der Waals surface area contributed by atoms with E-state index in [0.29, 0.717) is 6.54 Å². The fourth-order valence-electron chi connectivity index (χ4n) is 3.34. The molecule has 1 unspecified atom stereocenters. The Morgan fingerprint density at radius 2 is 1.56 bits per heavy atom. The maximum atomic E-state index is 12.6. The summed E-state index contributed by atoms with van der Waals surface area (Å²) in [6.07, 6.45) is 2.56. The van der Waals surface area contributed by atoms with Crippen molar-refractivity contribution in [3.8, 4) is 0 Å². The van der Waals surface area contributed by atoms with E-state index < -0.39 is 5.54 Å². The van der Waals surface area contributed by atoms with Gasteiger partial charge in [0.2, 0.25) is 5.91 Å². The molecule has 1 atom stereocenters. The predicted octanol–water partition coefficient (Wildman–Crippen LogP) is 3.62. The first-order valence-corrected chi connectivity index (χ1v) is 8.99. The van der Waals surface area contributed by atoms with Crippen molar-refractivity contribution in [1.82, 2.24) is 10.2 Å². The number of rotatable bonds is 6. The molecule has 1 saturated heterocycles. The Balaban J connectivity index is 0.00000182. The molecule has 4 nitrogen and oxygen atoms in total. The Morgan fingerprint density at radius 3 is 2.19 bits per heavy atom. The molecule has 1 aliphatic rings. The molecule has 1 fully saturated rings. The summed E-state index contributed by atoms with van der Waals surface area (Å²) in [5, 5.41) is 3.02. The van der Waals surface area contributed by atoms with Crippen molar-refractivity contribution >= 4 is 30.7 Å². The molecule has 2 aromatic rings. The first kappa shape index (κ1) is 23.4. The highest BCUT2D eigenvalue weighted by Crippen LogP contribution is 2.19. The van der Waals surface area contributed by atoms with Gasteiger partial charge in [-0.3, -0.25) is 9.69 Å². The summed E-state index contributed by atoms with van der Waals surface area (Å²) >= 11 is 0. The van der Waals surface area contributed by atoms with E-state index in [1.165, 1.54) is 18.4 Å². The Bertz CT molecular complexity index is 716. The average Bonchev–Trinajstić information content (AvgIpc) is 3.14. The standard InChI is InChI=1S/C21H27N3O.2ClH/c1-21(22,19-11-3-2-4-12-19)20(25)23-15-17-9-5-6-10-18(17)16-24-13-7-8-14-24;;/h2-6,9-12H,7-8,13-16,22H2,1H3,(H,23,25);2*1H. The molecule has 0 spiro atoms. The zero-order chi connectivity index (χ0) is 17.7.